The van der Waals surface area contributed by atoms with Crippen LogP contribution in [0.25, 0.3) is 0 Å². The molecular weight excluding hydrogens is 336 g/mol. The van der Waals surface area contributed by atoms with Crippen molar-refractivity contribution < 1.29 is 9.59 Å². The minimum absolute atomic E-state index is 0.155. The van der Waals surface area contributed by atoms with Crippen LogP contribution in [0.15, 0.2) is 109 Å². The predicted octanol–water partition coefficient (Wildman–Crippen LogP) is 4.57. The maximum atomic E-state index is 12.3. The Kier molecular flexibility index (Phi) is 12.1. The maximum absolute atomic E-state index is 12.3. The van der Waals surface area contributed by atoms with E-state index in [1.165, 1.54) is 24.3 Å². The molecule has 0 unspecified atom stereocenters. The van der Waals surface area contributed by atoms with Gasteiger partial charge in [0.2, 0.25) is 11.6 Å². The third-order valence-corrected chi connectivity index (χ3v) is 3.17. The van der Waals surface area contributed by atoms with E-state index in [9.17, 15) is 9.59 Å². The van der Waals surface area contributed by atoms with Gasteiger partial charge in [-0.25, -0.2) is 0 Å². The fraction of sp³-hybridized carbons (Fsp3) is 0.130. The van der Waals surface area contributed by atoms with Crippen LogP contribution in [0.2, 0.25) is 0 Å². The van der Waals surface area contributed by atoms with Gasteiger partial charge in [-0.2, -0.15) is 0 Å². The quantitative estimate of drug-likeness (QED) is 0.393. The summed E-state index contributed by atoms with van der Waals surface area (Å²) in [6.07, 6.45) is 17.5. The van der Waals surface area contributed by atoms with E-state index in [-0.39, 0.29) is 11.6 Å². The summed E-state index contributed by atoms with van der Waals surface area (Å²) in [4.78, 5) is 24.5. The molecule has 2 N–H and O–H groups in total. The zero-order valence-electron chi connectivity index (χ0n) is 16.3. The topological polar surface area (TPSA) is 58.2 Å². The van der Waals surface area contributed by atoms with E-state index in [0.717, 1.165) is 0 Å². The second-order valence-electron chi connectivity index (χ2n) is 5.12. The lowest BCUT2D eigenvalue weighted by Gasteiger charge is -2.16. The van der Waals surface area contributed by atoms with Crippen LogP contribution in [0, 0.1) is 0 Å². The van der Waals surface area contributed by atoms with E-state index in [1.54, 1.807) is 50.3 Å². The van der Waals surface area contributed by atoms with E-state index >= 15 is 0 Å². The van der Waals surface area contributed by atoms with Crippen molar-refractivity contribution >= 4 is 11.6 Å². The Morgan fingerprint density at radius 2 is 1.33 bits per heavy atom. The van der Waals surface area contributed by atoms with E-state index in [2.05, 4.69) is 30.4 Å². The highest BCUT2D eigenvalue weighted by atomic mass is 16.1. The molecule has 4 nitrogen and oxygen atoms in total. The van der Waals surface area contributed by atoms with Crippen molar-refractivity contribution in [3.05, 3.63) is 109 Å². The average molecular weight is 364 g/mol. The maximum Gasteiger partial charge on any atom is 0.201 e. The number of carbonyl (C=O) groups excluding carboxylic acids is 2. The lowest BCUT2D eigenvalue weighted by molar-refractivity contribution is -0.112. The van der Waals surface area contributed by atoms with Crippen molar-refractivity contribution in [2.24, 2.45) is 0 Å². The van der Waals surface area contributed by atoms with Crippen molar-refractivity contribution in [1.29, 1.82) is 0 Å². The minimum Gasteiger partial charge on any atom is -0.351 e. The predicted molar refractivity (Wildman–Crippen MR) is 115 cm³/mol. The second kappa shape index (κ2) is 13.8. The van der Waals surface area contributed by atoms with Gasteiger partial charge >= 0.3 is 0 Å². The fourth-order valence-corrected chi connectivity index (χ4v) is 1.95. The molecule has 0 aromatic rings. The summed E-state index contributed by atoms with van der Waals surface area (Å²) in [7, 11) is 0. The van der Waals surface area contributed by atoms with Crippen LogP contribution in [0.3, 0.4) is 0 Å². The number of nitrogens with one attached hydrogen (secondary N) is 2. The zero-order valence-corrected chi connectivity index (χ0v) is 16.3. The molecule has 0 saturated heterocycles. The van der Waals surface area contributed by atoms with Gasteiger partial charge in [-0.3, -0.25) is 9.59 Å². The average Bonchev–Trinajstić information content (AvgIpc) is 2.66. The summed E-state index contributed by atoms with van der Waals surface area (Å²) in [6.45, 7) is 16.4. The monoisotopic (exact) mass is 364 g/mol. The molecule has 0 heterocycles. The number of hydrogen-bond acceptors (Lipinski definition) is 4. The number of ketones is 2. The van der Waals surface area contributed by atoms with Gasteiger partial charge in [-0.05, 0) is 51.2 Å². The molecule has 0 aromatic heterocycles. The molecule has 0 spiro atoms. The molecule has 0 aliphatic rings. The molecule has 0 radical (unpaired) electrons. The molecule has 0 atom stereocenters. The van der Waals surface area contributed by atoms with Gasteiger partial charge in [0.25, 0.3) is 0 Å². The third-order valence-electron chi connectivity index (χ3n) is 3.17. The highest BCUT2D eigenvalue weighted by Gasteiger charge is 2.11. The summed E-state index contributed by atoms with van der Waals surface area (Å²) < 4.78 is 0. The first-order chi connectivity index (χ1) is 13.0. The lowest BCUT2D eigenvalue weighted by Crippen LogP contribution is -2.25. The molecular formula is C23H28N2O2. The highest BCUT2D eigenvalue weighted by Crippen LogP contribution is 2.10. The fourth-order valence-electron chi connectivity index (χ4n) is 1.95. The van der Waals surface area contributed by atoms with Crippen molar-refractivity contribution in [3.8, 4) is 0 Å². The molecule has 0 aliphatic carbocycles. The third kappa shape index (κ3) is 8.50. The second-order valence-corrected chi connectivity index (χ2v) is 5.12. The van der Waals surface area contributed by atoms with E-state index in [0.29, 0.717) is 22.8 Å². The molecule has 27 heavy (non-hydrogen) atoms. The van der Waals surface area contributed by atoms with Crippen molar-refractivity contribution in [2.75, 3.05) is 0 Å². The highest BCUT2D eigenvalue weighted by molar-refractivity contribution is 6.04. The largest absolute Gasteiger partial charge is 0.351 e. The summed E-state index contributed by atoms with van der Waals surface area (Å²) in [6, 6.07) is 0. The van der Waals surface area contributed by atoms with E-state index in [1.807, 2.05) is 13.0 Å². The van der Waals surface area contributed by atoms with E-state index in [4.69, 9.17) is 0 Å². The van der Waals surface area contributed by atoms with Gasteiger partial charge in [-0.15, -0.1) is 0 Å². The first kappa shape index (κ1) is 23.6. The summed E-state index contributed by atoms with van der Waals surface area (Å²) in [5, 5.41) is 6.14. The number of carbonyl (C=O) groups is 2. The number of allylic oxidation sites excluding steroid dienone is 11. The first-order valence-electron chi connectivity index (χ1n) is 8.51. The molecule has 142 valence electrons. The minimum atomic E-state index is -0.245. The van der Waals surface area contributed by atoms with Gasteiger partial charge in [0.05, 0.1) is 22.8 Å². The van der Waals surface area contributed by atoms with Crippen molar-refractivity contribution in [3.63, 3.8) is 0 Å². The van der Waals surface area contributed by atoms with Gasteiger partial charge in [0.1, 0.15) is 0 Å². The van der Waals surface area contributed by atoms with Crippen LogP contribution in [0.5, 0.6) is 0 Å². The molecule has 0 aliphatic heterocycles. The van der Waals surface area contributed by atoms with Crippen LogP contribution in [-0.4, -0.2) is 11.6 Å². The van der Waals surface area contributed by atoms with Gasteiger partial charge in [0.15, 0.2) is 0 Å². The normalized spacial score (nSPS) is 13.6. The first-order valence-corrected chi connectivity index (χ1v) is 8.51. The van der Waals surface area contributed by atoms with E-state index < -0.39 is 0 Å². The Morgan fingerprint density at radius 1 is 0.741 bits per heavy atom. The van der Waals surface area contributed by atoms with Gasteiger partial charge in [0, 0.05) is 0 Å². The van der Waals surface area contributed by atoms with Crippen LogP contribution in [0.1, 0.15) is 20.8 Å². The summed E-state index contributed by atoms with van der Waals surface area (Å²) in [5.41, 5.74) is 1.85. The molecule has 0 rings (SSSR count). The Labute approximate surface area is 162 Å². The molecule has 0 amide bonds. The van der Waals surface area contributed by atoms with Crippen molar-refractivity contribution in [2.45, 2.75) is 20.8 Å². The Balaban J connectivity index is 6.00. The Hall–Kier alpha value is -3.40. The summed E-state index contributed by atoms with van der Waals surface area (Å²) >= 11 is 0. The molecule has 0 aromatic carbocycles. The van der Waals surface area contributed by atoms with Crippen LogP contribution in [-0.2, 0) is 9.59 Å². The standard InChI is InChI=1S/C23H28N2O2/c1-7-13-17-23(27)21(15-9-3)24-18(11-5)20(14-8-2)25-19(12-6)22(26)16-10-4/h7-17,24-25H,1,3,5H2,2,4,6H3/b14-8-,16-10-,17-13-,19-12+,20-18-,21-15+. The summed E-state index contributed by atoms with van der Waals surface area (Å²) in [5.74, 6) is -0.400. The SMILES string of the molecule is C=C/C=C\C(=O)/C(=C\C=C)N/C(C=C)=C(/C=C\C)N/C(=C/C)C(=O)/C=C\C. The molecule has 0 bridgehead atoms. The van der Waals surface area contributed by atoms with Crippen LogP contribution >= 0.6 is 0 Å². The smallest absolute Gasteiger partial charge is 0.201 e. The van der Waals surface area contributed by atoms with Crippen molar-refractivity contribution in [1.82, 2.24) is 10.6 Å². The van der Waals surface area contributed by atoms with Crippen LogP contribution in [0.4, 0.5) is 0 Å². The van der Waals surface area contributed by atoms with Gasteiger partial charge in [-0.1, -0.05) is 56.2 Å². The number of hydrogen-bond donors (Lipinski definition) is 2. The van der Waals surface area contributed by atoms with Gasteiger partial charge < -0.3 is 10.6 Å². The molecule has 0 saturated carbocycles. The van der Waals surface area contributed by atoms with Crippen LogP contribution < -0.4 is 10.6 Å². The Morgan fingerprint density at radius 3 is 1.81 bits per heavy atom. The molecule has 4 heteroatoms. The zero-order chi connectivity index (χ0) is 20.7. The lowest BCUT2D eigenvalue weighted by atomic mass is 10.2. The number of rotatable bonds is 12. The molecule has 0 fully saturated rings. The Bertz CT molecular complexity index is 757.